The summed E-state index contributed by atoms with van der Waals surface area (Å²) in [5.74, 6) is -0.462. The van der Waals surface area contributed by atoms with Crippen molar-refractivity contribution in [2.24, 2.45) is 0 Å². The van der Waals surface area contributed by atoms with E-state index < -0.39 is 0 Å². The third-order valence-electron chi connectivity index (χ3n) is 6.34. The largest absolute Gasteiger partial charge is 0.382 e. The number of carbonyl (C=O) groups is 2. The maximum absolute atomic E-state index is 12.8. The zero-order valence-corrected chi connectivity index (χ0v) is 21.1. The lowest BCUT2D eigenvalue weighted by Gasteiger charge is -2.23. The number of piperidine rings is 1. The maximum Gasteiger partial charge on any atom is 0.274 e. The number of benzene rings is 2. The average molecular weight is 487 g/mol. The molecular weight excluding hydrogens is 452 g/mol. The number of hydrogen-bond acceptors (Lipinski definition) is 6. The molecule has 2 aromatic carbocycles. The predicted molar refractivity (Wildman–Crippen MR) is 142 cm³/mol. The lowest BCUT2D eigenvalue weighted by Crippen LogP contribution is -2.46. The molecular formula is C28H34N6O2. The first kappa shape index (κ1) is 25.3. The Morgan fingerprint density at radius 2 is 1.89 bits per heavy atom. The molecule has 0 radical (unpaired) electrons. The first-order valence-electron chi connectivity index (χ1n) is 12.3. The van der Waals surface area contributed by atoms with E-state index in [1.54, 1.807) is 18.2 Å². The highest BCUT2D eigenvalue weighted by molar-refractivity contribution is 5.97. The second-order valence-corrected chi connectivity index (χ2v) is 10.2. The number of hydrogen-bond donors (Lipinski definition) is 4. The Balaban J connectivity index is 1.45. The van der Waals surface area contributed by atoms with Gasteiger partial charge in [-0.15, -0.1) is 0 Å². The Morgan fingerprint density at radius 1 is 1.11 bits per heavy atom. The molecule has 2 amide bonds. The van der Waals surface area contributed by atoms with Gasteiger partial charge in [-0.3, -0.25) is 9.59 Å². The molecule has 1 atom stereocenters. The highest BCUT2D eigenvalue weighted by Crippen LogP contribution is 2.23. The normalized spacial score (nSPS) is 15.8. The number of rotatable bonds is 6. The number of anilines is 1. The summed E-state index contributed by atoms with van der Waals surface area (Å²) in [5, 5.41) is 9.22. The molecule has 0 bridgehead atoms. The van der Waals surface area contributed by atoms with Crippen LogP contribution in [-0.4, -0.2) is 40.9 Å². The van der Waals surface area contributed by atoms with Crippen LogP contribution in [0.1, 0.15) is 65.6 Å². The lowest BCUT2D eigenvalue weighted by molar-refractivity contribution is 0.0923. The fraction of sp³-hybridized carbons (Fsp3) is 0.357. The summed E-state index contributed by atoms with van der Waals surface area (Å²) in [6, 6.07) is 15.4. The van der Waals surface area contributed by atoms with E-state index in [9.17, 15) is 9.59 Å². The molecule has 36 heavy (non-hydrogen) atoms. The summed E-state index contributed by atoms with van der Waals surface area (Å²) < 4.78 is 0. The predicted octanol–water partition coefficient (Wildman–Crippen LogP) is 3.44. The van der Waals surface area contributed by atoms with E-state index in [4.69, 9.17) is 5.73 Å². The standard InChI is InChI=1S/C28H34N6O2/c1-28(2,3)21-11-9-18(10-12-21)15-32-26(35)20-7-4-6-19(14-20)23-17-31-25(29)24(34-23)27(36)33-22-8-5-13-30-16-22/h4,6-7,9-12,14,17,22,30H,5,8,13,15-16H2,1-3H3,(H2,29,31)(H,32,35)(H,33,36). The number of carbonyl (C=O) groups excluding carboxylic acids is 2. The van der Waals surface area contributed by atoms with Gasteiger partial charge in [-0.05, 0) is 48.1 Å². The molecule has 1 aromatic heterocycles. The van der Waals surface area contributed by atoms with Crippen molar-refractivity contribution in [3.8, 4) is 11.3 Å². The molecule has 5 N–H and O–H groups in total. The fourth-order valence-corrected chi connectivity index (χ4v) is 4.16. The Bertz CT molecular complexity index is 1230. The van der Waals surface area contributed by atoms with Gasteiger partial charge in [0.25, 0.3) is 11.8 Å². The summed E-state index contributed by atoms with van der Waals surface area (Å²) in [5.41, 5.74) is 10.1. The van der Waals surface area contributed by atoms with Crippen molar-refractivity contribution in [2.45, 2.75) is 51.6 Å². The van der Waals surface area contributed by atoms with Gasteiger partial charge in [0.1, 0.15) is 0 Å². The molecule has 8 heteroatoms. The van der Waals surface area contributed by atoms with Gasteiger partial charge in [-0.2, -0.15) is 0 Å². The minimum absolute atomic E-state index is 0.0350. The zero-order chi connectivity index (χ0) is 25.7. The minimum Gasteiger partial charge on any atom is -0.382 e. The zero-order valence-electron chi connectivity index (χ0n) is 21.1. The molecule has 4 rings (SSSR count). The van der Waals surface area contributed by atoms with Crippen LogP contribution in [0.2, 0.25) is 0 Å². The van der Waals surface area contributed by atoms with Crippen molar-refractivity contribution in [3.05, 3.63) is 77.1 Å². The first-order valence-corrected chi connectivity index (χ1v) is 12.3. The second-order valence-electron chi connectivity index (χ2n) is 10.2. The molecule has 1 aliphatic rings. The van der Waals surface area contributed by atoms with Crippen molar-refractivity contribution in [3.63, 3.8) is 0 Å². The molecule has 1 unspecified atom stereocenters. The second kappa shape index (κ2) is 10.9. The highest BCUT2D eigenvalue weighted by Gasteiger charge is 2.20. The van der Waals surface area contributed by atoms with Gasteiger partial charge in [-0.25, -0.2) is 9.97 Å². The van der Waals surface area contributed by atoms with Crippen LogP contribution in [0.15, 0.2) is 54.7 Å². The Morgan fingerprint density at radius 3 is 2.58 bits per heavy atom. The quantitative estimate of drug-likeness (QED) is 0.423. The van der Waals surface area contributed by atoms with E-state index in [0.717, 1.165) is 31.5 Å². The molecule has 2 heterocycles. The molecule has 3 aromatic rings. The topological polar surface area (TPSA) is 122 Å². The van der Waals surface area contributed by atoms with Gasteiger partial charge in [0.15, 0.2) is 11.5 Å². The van der Waals surface area contributed by atoms with Crippen LogP contribution in [-0.2, 0) is 12.0 Å². The van der Waals surface area contributed by atoms with Crippen molar-refractivity contribution >= 4 is 17.6 Å². The fourth-order valence-electron chi connectivity index (χ4n) is 4.16. The van der Waals surface area contributed by atoms with Gasteiger partial charge in [-0.1, -0.05) is 57.2 Å². The van der Waals surface area contributed by atoms with Crippen LogP contribution in [0.25, 0.3) is 11.3 Å². The van der Waals surface area contributed by atoms with E-state index in [1.807, 2.05) is 18.2 Å². The summed E-state index contributed by atoms with van der Waals surface area (Å²) in [7, 11) is 0. The van der Waals surface area contributed by atoms with Crippen LogP contribution >= 0.6 is 0 Å². The number of nitrogens with one attached hydrogen (secondary N) is 3. The van der Waals surface area contributed by atoms with E-state index in [-0.39, 0.29) is 34.8 Å². The van der Waals surface area contributed by atoms with E-state index >= 15 is 0 Å². The molecule has 1 fully saturated rings. The van der Waals surface area contributed by atoms with Crippen LogP contribution in [0.5, 0.6) is 0 Å². The number of aromatic nitrogens is 2. The molecule has 8 nitrogen and oxygen atoms in total. The third-order valence-corrected chi connectivity index (χ3v) is 6.34. The van der Waals surface area contributed by atoms with E-state index in [2.05, 4.69) is 58.8 Å². The van der Waals surface area contributed by atoms with Gasteiger partial charge in [0.05, 0.1) is 11.9 Å². The van der Waals surface area contributed by atoms with Crippen molar-refractivity contribution < 1.29 is 9.59 Å². The molecule has 188 valence electrons. The number of nitrogen functional groups attached to an aromatic ring is 1. The summed E-state index contributed by atoms with van der Waals surface area (Å²) in [4.78, 5) is 34.3. The van der Waals surface area contributed by atoms with E-state index in [0.29, 0.717) is 23.4 Å². The SMILES string of the molecule is CC(C)(C)c1ccc(CNC(=O)c2cccc(-c3cnc(N)c(C(=O)NC4CCCNC4)n3)c2)cc1. The average Bonchev–Trinajstić information content (AvgIpc) is 2.88. The number of nitrogens with two attached hydrogens (primary N) is 1. The molecule has 1 aliphatic heterocycles. The molecule has 0 saturated carbocycles. The lowest BCUT2D eigenvalue weighted by atomic mass is 9.87. The summed E-state index contributed by atoms with van der Waals surface area (Å²) >= 11 is 0. The smallest absolute Gasteiger partial charge is 0.274 e. The molecule has 1 saturated heterocycles. The maximum atomic E-state index is 12.8. The Labute approximate surface area is 212 Å². The Hall–Kier alpha value is -3.78. The molecule has 0 aliphatic carbocycles. The van der Waals surface area contributed by atoms with Crippen LogP contribution in [0.3, 0.4) is 0 Å². The van der Waals surface area contributed by atoms with Gasteiger partial charge in [0.2, 0.25) is 0 Å². The van der Waals surface area contributed by atoms with Gasteiger partial charge >= 0.3 is 0 Å². The van der Waals surface area contributed by atoms with Gasteiger partial charge < -0.3 is 21.7 Å². The van der Waals surface area contributed by atoms with Crippen LogP contribution < -0.4 is 21.7 Å². The molecule has 0 spiro atoms. The van der Waals surface area contributed by atoms with Crippen molar-refractivity contribution in [1.29, 1.82) is 0 Å². The van der Waals surface area contributed by atoms with Crippen LogP contribution in [0, 0.1) is 0 Å². The Kier molecular flexibility index (Phi) is 7.64. The first-order chi connectivity index (χ1) is 17.2. The van der Waals surface area contributed by atoms with Crippen molar-refractivity contribution in [2.75, 3.05) is 18.8 Å². The monoisotopic (exact) mass is 486 g/mol. The summed E-state index contributed by atoms with van der Waals surface area (Å²) in [6.07, 6.45) is 3.43. The van der Waals surface area contributed by atoms with Crippen LogP contribution in [0.4, 0.5) is 5.82 Å². The number of amides is 2. The number of nitrogens with zero attached hydrogens (tertiary/aromatic N) is 2. The summed E-state index contributed by atoms with van der Waals surface area (Å²) in [6.45, 7) is 8.62. The van der Waals surface area contributed by atoms with E-state index in [1.165, 1.54) is 11.8 Å². The highest BCUT2D eigenvalue weighted by atomic mass is 16.2. The van der Waals surface area contributed by atoms with Gasteiger partial charge in [0, 0.05) is 30.3 Å². The minimum atomic E-state index is -0.345. The third kappa shape index (κ3) is 6.26. The van der Waals surface area contributed by atoms with Crippen molar-refractivity contribution in [1.82, 2.24) is 25.9 Å².